The molecule has 0 heterocycles. The van der Waals surface area contributed by atoms with E-state index in [0.717, 1.165) is 12.3 Å². The van der Waals surface area contributed by atoms with Crippen LogP contribution in [0.4, 0.5) is 0 Å². The zero-order valence-electron chi connectivity index (χ0n) is 6.21. The molecule has 2 rings (SSSR count). The van der Waals surface area contributed by atoms with Gasteiger partial charge in [0.1, 0.15) is 5.78 Å². The first kappa shape index (κ1) is 6.14. The van der Waals surface area contributed by atoms with Gasteiger partial charge >= 0.3 is 0 Å². The quantitative estimate of drug-likeness (QED) is 0.502. The molecule has 0 unspecified atom stereocenters. The summed E-state index contributed by atoms with van der Waals surface area (Å²) >= 11 is 0. The lowest BCUT2D eigenvalue weighted by atomic mass is 9.90. The van der Waals surface area contributed by atoms with Gasteiger partial charge < -0.3 is 0 Å². The number of rotatable bonds is 1. The molecular formula is C9H12O. The topological polar surface area (TPSA) is 17.1 Å². The molecule has 54 valence electrons. The molecule has 1 saturated carbocycles. The van der Waals surface area contributed by atoms with Gasteiger partial charge in [0.05, 0.1) is 0 Å². The van der Waals surface area contributed by atoms with Gasteiger partial charge in [-0.3, -0.25) is 4.79 Å². The Labute approximate surface area is 61.1 Å². The zero-order valence-corrected chi connectivity index (χ0v) is 6.21. The van der Waals surface area contributed by atoms with Crippen LogP contribution in [0.15, 0.2) is 12.2 Å². The Morgan fingerprint density at radius 1 is 1.40 bits per heavy atom. The lowest BCUT2D eigenvalue weighted by Gasteiger charge is -2.13. The van der Waals surface area contributed by atoms with Crippen molar-refractivity contribution in [1.29, 1.82) is 0 Å². The van der Waals surface area contributed by atoms with Crippen molar-refractivity contribution >= 4 is 5.78 Å². The van der Waals surface area contributed by atoms with Crippen LogP contribution >= 0.6 is 0 Å². The normalized spacial score (nSPS) is 42.7. The van der Waals surface area contributed by atoms with Crippen molar-refractivity contribution in [3.63, 3.8) is 0 Å². The fourth-order valence-corrected chi connectivity index (χ4v) is 2.25. The van der Waals surface area contributed by atoms with Gasteiger partial charge in [0.15, 0.2) is 0 Å². The monoisotopic (exact) mass is 136 g/mol. The minimum Gasteiger partial charge on any atom is -0.300 e. The second kappa shape index (κ2) is 1.94. The standard InChI is InChI=1S/C9H12O/c1-6(10)9-5-7-2-3-8(9)4-7/h2-3,7-9H,4-5H2,1H3/t7-,8-,9-/m1/s1. The van der Waals surface area contributed by atoms with E-state index in [2.05, 4.69) is 12.2 Å². The van der Waals surface area contributed by atoms with Gasteiger partial charge in [0.2, 0.25) is 0 Å². The molecule has 1 nitrogen and oxygen atoms in total. The van der Waals surface area contributed by atoms with Crippen LogP contribution in [0.1, 0.15) is 19.8 Å². The van der Waals surface area contributed by atoms with E-state index in [1.165, 1.54) is 6.42 Å². The third-order valence-electron chi connectivity index (χ3n) is 2.80. The highest BCUT2D eigenvalue weighted by atomic mass is 16.1. The van der Waals surface area contributed by atoms with Gasteiger partial charge in [-0.05, 0) is 31.6 Å². The van der Waals surface area contributed by atoms with Gasteiger partial charge in [0, 0.05) is 5.92 Å². The molecule has 1 heteroatoms. The third-order valence-corrected chi connectivity index (χ3v) is 2.80. The molecule has 2 aliphatic carbocycles. The fraction of sp³-hybridized carbons (Fsp3) is 0.667. The minimum absolute atomic E-state index is 0.370. The summed E-state index contributed by atoms with van der Waals surface area (Å²) in [5.41, 5.74) is 0. The van der Waals surface area contributed by atoms with E-state index in [4.69, 9.17) is 0 Å². The lowest BCUT2D eigenvalue weighted by Crippen LogP contribution is -2.15. The average molecular weight is 136 g/mol. The Morgan fingerprint density at radius 2 is 2.20 bits per heavy atom. The molecule has 0 radical (unpaired) electrons. The summed E-state index contributed by atoms with van der Waals surface area (Å²) in [6.45, 7) is 1.72. The highest BCUT2D eigenvalue weighted by Crippen LogP contribution is 2.43. The zero-order chi connectivity index (χ0) is 7.14. The Hall–Kier alpha value is -0.590. The van der Waals surface area contributed by atoms with Crippen LogP contribution < -0.4 is 0 Å². The van der Waals surface area contributed by atoms with E-state index in [1.807, 2.05) is 0 Å². The first-order chi connectivity index (χ1) is 4.77. The van der Waals surface area contributed by atoms with E-state index in [-0.39, 0.29) is 0 Å². The Kier molecular flexibility index (Phi) is 1.19. The molecule has 0 aromatic carbocycles. The van der Waals surface area contributed by atoms with Crippen molar-refractivity contribution in [2.75, 3.05) is 0 Å². The molecule has 0 aromatic rings. The Bertz CT molecular complexity index is 193. The maximum absolute atomic E-state index is 11.0. The molecule has 0 aromatic heterocycles. The number of carbonyl (C=O) groups excluding carboxylic acids is 1. The lowest BCUT2D eigenvalue weighted by molar-refractivity contribution is -0.121. The number of allylic oxidation sites excluding steroid dienone is 2. The maximum Gasteiger partial charge on any atom is 0.133 e. The first-order valence-electron chi connectivity index (χ1n) is 3.96. The summed E-state index contributed by atoms with van der Waals surface area (Å²) in [4.78, 5) is 11.0. The highest BCUT2D eigenvalue weighted by molar-refractivity contribution is 5.79. The molecular weight excluding hydrogens is 124 g/mol. The number of ketones is 1. The Morgan fingerprint density at radius 3 is 2.50 bits per heavy atom. The van der Waals surface area contributed by atoms with Gasteiger partial charge in [-0.15, -0.1) is 0 Å². The molecule has 0 aliphatic heterocycles. The van der Waals surface area contributed by atoms with Crippen LogP contribution in [0.3, 0.4) is 0 Å². The molecule has 0 N–H and O–H groups in total. The van der Waals surface area contributed by atoms with E-state index in [0.29, 0.717) is 17.6 Å². The van der Waals surface area contributed by atoms with Gasteiger partial charge in [-0.2, -0.15) is 0 Å². The molecule has 0 saturated heterocycles. The fourth-order valence-electron chi connectivity index (χ4n) is 2.25. The molecule has 0 amide bonds. The summed E-state index contributed by atoms with van der Waals surface area (Å²) in [7, 11) is 0. The van der Waals surface area contributed by atoms with Gasteiger partial charge in [0.25, 0.3) is 0 Å². The highest BCUT2D eigenvalue weighted by Gasteiger charge is 2.37. The molecule has 0 spiro atoms. The predicted molar refractivity (Wildman–Crippen MR) is 39.5 cm³/mol. The number of hydrogen-bond acceptors (Lipinski definition) is 1. The smallest absolute Gasteiger partial charge is 0.133 e. The number of fused-ring (bicyclic) bond motifs is 2. The largest absolute Gasteiger partial charge is 0.300 e. The SMILES string of the molecule is CC(=O)[C@H]1C[C@@H]2C=C[C@@H]1C2. The van der Waals surface area contributed by atoms with E-state index in [1.54, 1.807) is 6.92 Å². The first-order valence-corrected chi connectivity index (χ1v) is 3.96. The van der Waals surface area contributed by atoms with Crippen LogP contribution in [-0.2, 0) is 4.79 Å². The summed E-state index contributed by atoms with van der Waals surface area (Å²) in [5.74, 6) is 2.09. The van der Waals surface area contributed by atoms with Crippen molar-refractivity contribution in [3.05, 3.63) is 12.2 Å². The minimum atomic E-state index is 0.370. The summed E-state index contributed by atoms with van der Waals surface area (Å²) < 4.78 is 0. The molecule has 10 heavy (non-hydrogen) atoms. The predicted octanol–water partition coefficient (Wildman–Crippen LogP) is 1.79. The van der Waals surface area contributed by atoms with Crippen LogP contribution in [0.25, 0.3) is 0 Å². The van der Waals surface area contributed by atoms with Crippen molar-refractivity contribution < 1.29 is 4.79 Å². The van der Waals surface area contributed by atoms with Gasteiger partial charge in [-0.1, -0.05) is 12.2 Å². The van der Waals surface area contributed by atoms with E-state index in [9.17, 15) is 4.79 Å². The van der Waals surface area contributed by atoms with Crippen molar-refractivity contribution in [3.8, 4) is 0 Å². The number of hydrogen-bond donors (Lipinski definition) is 0. The van der Waals surface area contributed by atoms with Gasteiger partial charge in [-0.25, -0.2) is 0 Å². The third kappa shape index (κ3) is 0.731. The van der Waals surface area contributed by atoms with Crippen molar-refractivity contribution in [1.82, 2.24) is 0 Å². The number of carbonyl (C=O) groups is 1. The second-order valence-electron chi connectivity index (χ2n) is 3.50. The summed E-state index contributed by atoms with van der Waals surface area (Å²) in [6.07, 6.45) is 6.85. The average Bonchev–Trinajstić information content (AvgIpc) is 2.44. The van der Waals surface area contributed by atoms with Crippen LogP contribution in [0, 0.1) is 17.8 Å². The van der Waals surface area contributed by atoms with Crippen LogP contribution in [-0.4, -0.2) is 5.78 Å². The van der Waals surface area contributed by atoms with Crippen molar-refractivity contribution in [2.45, 2.75) is 19.8 Å². The summed E-state index contributed by atoms with van der Waals surface area (Å²) in [5, 5.41) is 0. The van der Waals surface area contributed by atoms with E-state index >= 15 is 0 Å². The van der Waals surface area contributed by atoms with Crippen LogP contribution in [0.2, 0.25) is 0 Å². The summed E-state index contributed by atoms with van der Waals surface area (Å²) in [6, 6.07) is 0. The van der Waals surface area contributed by atoms with Crippen LogP contribution in [0.5, 0.6) is 0 Å². The molecule has 1 fully saturated rings. The Balaban J connectivity index is 2.16. The number of Topliss-reactive ketones (excluding diaryl/α,β-unsaturated/α-hetero) is 1. The maximum atomic E-state index is 11.0. The molecule has 2 aliphatic rings. The van der Waals surface area contributed by atoms with Crippen molar-refractivity contribution in [2.24, 2.45) is 17.8 Å². The van der Waals surface area contributed by atoms with E-state index < -0.39 is 0 Å². The molecule has 2 bridgehead atoms. The second-order valence-corrected chi connectivity index (χ2v) is 3.50. The molecule has 3 atom stereocenters.